The molecule has 0 amide bonds. The number of hydrogen-bond donors (Lipinski definition) is 2. The number of thioether (sulfide) groups is 1. The lowest BCUT2D eigenvalue weighted by Crippen LogP contribution is -2.13. The van der Waals surface area contributed by atoms with E-state index in [2.05, 4.69) is 18.5 Å². The maximum atomic E-state index is 5.52. The van der Waals surface area contributed by atoms with Crippen LogP contribution in [0.25, 0.3) is 0 Å². The maximum absolute atomic E-state index is 5.52. The Kier molecular flexibility index (Phi) is 1.80. The first kappa shape index (κ1) is 6.39. The van der Waals surface area contributed by atoms with Crippen LogP contribution in [-0.2, 0) is 0 Å². The molecule has 1 aliphatic heterocycles. The van der Waals surface area contributed by atoms with Crippen LogP contribution in [0, 0.1) is 0 Å². The molecule has 0 radical (unpaired) electrons. The lowest BCUT2D eigenvalue weighted by Gasteiger charge is -2.01. The molecular weight excluding hydrogens is 120 g/mol. The monoisotopic (exact) mass is 132 g/mol. The summed E-state index contributed by atoms with van der Waals surface area (Å²) in [5.41, 5.74) is 5.52. The molecule has 3 unspecified atom stereocenters. The molecule has 1 heterocycles. The van der Waals surface area contributed by atoms with Gasteiger partial charge >= 0.3 is 0 Å². The van der Waals surface area contributed by atoms with Crippen LogP contribution >= 0.6 is 11.8 Å². The minimum atomic E-state index is 0.275. The summed E-state index contributed by atoms with van der Waals surface area (Å²) in [6.07, 6.45) is 2.38. The summed E-state index contributed by atoms with van der Waals surface area (Å²) in [5.74, 6) is 0. The number of hydrogen-bond acceptors (Lipinski definition) is 3. The Morgan fingerprint density at radius 2 is 2.25 bits per heavy atom. The van der Waals surface area contributed by atoms with E-state index in [4.69, 9.17) is 5.73 Å². The lowest BCUT2D eigenvalue weighted by atomic mass is 10.3. The number of nitrogens with two attached hydrogens (primary N) is 1. The molecule has 0 saturated carbocycles. The van der Waals surface area contributed by atoms with Crippen molar-refractivity contribution in [3.63, 3.8) is 0 Å². The van der Waals surface area contributed by atoms with E-state index >= 15 is 0 Å². The van der Waals surface area contributed by atoms with Gasteiger partial charge in [-0.2, -0.15) is 11.8 Å². The zero-order valence-electron chi connectivity index (χ0n) is 5.22. The highest BCUT2D eigenvalue weighted by Gasteiger charge is 2.36. The fourth-order valence-corrected chi connectivity index (χ4v) is 1.28. The summed E-state index contributed by atoms with van der Waals surface area (Å²) < 4.78 is 0. The van der Waals surface area contributed by atoms with Crippen LogP contribution in [0.2, 0.25) is 0 Å². The fourth-order valence-electron chi connectivity index (χ4n) is 0.741. The van der Waals surface area contributed by atoms with Gasteiger partial charge in [0.15, 0.2) is 0 Å². The van der Waals surface area contributed by atoms with E-state index in [1.165, 1.54) is 0 Å². The maximum Gasteiger partial charge on any atom is 0.0719 e. The predicted octanol–water partition coefficient (Wildman–Crippen LogP) is -0.00550. The summed E-state index contributed by atoms with van der Waals surface area (Å²) in [6.45, 7) is 2.19. The minimum absolute atomic E-state index is 0.275. The molecule has 3 heteroatoms. The lowest BCUT2D eigenvalue weighted by molar-refractivity contribution is 0.881. The van der Waals surface area contributed by atoms with Gasteiger partial charge in [-0.25, -0.2) is 0 Å². The Labute approximate surface area is 54.2 Å². The molecule has 8 heavy (non-hydrogen) atoms. The molecule has 3 N–H and O–H groups in total. The normalized spacial score (nSPS) is 39.4. The molecule has 0 aromatic carbocycles. The predicted molar refractivity (Wildman–Crippen MR) is 37.9 cm³/mol. The number of nitrogens with one attached hydrogen (secondary N) is 1. The van der Waals surface area contributed by atoms with E-state index in [-0.39, 0.29) is 6.17 Å². The van der Waals surface area contributed by atoms with Gasteiger partial charge in [-0.15, -0.1) is 0 Å². The van der Waals surface area contributed by atoms with Crippen molar-refractivity contribution in [2.75, 3.05) is 6.26 Å². The Morgan fingerprint density at radius 1 is 1.75 bits per heavy atom. The smallest absolute Gasteiger partial charge is 0.0719 e. The van der Waals surface area contributed by atoms with E-state index in [0.29, 0.717) is 11.3 Å². The van der Waals surface area contributed by atoms with Crippen LogP contribution in [0.15, 0.2) is 0 Å². The Hall–Kier alpha value is 0.270. The van der Waals surface area contributed by atoms with Gasteiger partial charge in [-0.1, -0.05) is 6.92 Å². The minimum Gasteiger partial charge on any atom is -0.315 e. The second-order valence-corrected chi connectivity index (χ2v) is 3.37. The van der Waals surface area contributed by atoms with Crippen molar-refractivity contribution >= 4 is 11.8 Å². The van der Waals surface area contributed by atoms with E-state index in [0.717, 1.165) is 0 Å². The zero-order chi connectivity index (χ0) is 6.15. The molecule has 0 aromatic rings. The molecule has 1 aliphatic rings. The second-order valence-electron chi connectivity index (χ2n) is 2.16. The van der Waals surface area contributed by atoms with Crippen molar-refractivity contribution in [3.8, 4) is 0 Å². The van der Waals surface area contributed by atoms with Crippen LogP contribution in [-0.4, -0.2) is 23.7 Å². The van der Waals surface area contributed by atoms with Crippen LogP contribution in [0.3, 0.4) is 0 Å². The van der Waals surface area contributed by atoms with Gasteiger partial charge in [-0.3, -0.25) is 5.32 Å². The molecule has 0 spiro atoms. The van der Waals surface area contributed by atoms with E-state index in [1.807, 2.05) is 11.8 Å². The van der Waals surface area contributed by atoms with E-state index < -0.39 is 0 Å². The molecule has 0 bridgehead atoms. The second kappa shape index (κ2) is 2.25. The Balaban J connectivity index is 2.18. The van der Waals surface area contributed by atoms with Crippen molar-refractivity contribution in [2.45, 2.75) is 24.4 Å². The van der Waals surface area contributed by atoms with Crippen molar-refractivity contribution in [3.05, 3.63) is 0 Å². The summed E-state index contributed by atoms with van der Waals surface area (Å²) in [7, 11) is 0. The first-order chi connectivity index (χ1) is 3.75. The largest absolute Gasteiger partial charge is 0.315 e. The summed E-state index contributed by atoms with van der Waals surface area (Å²) in [5, 5.41) is 3.81. The molecule has 0 aromatic heterocycles. The first-order valence-corrected chi connectivity index (χ1v) is 4.09. The van der Waals surface area contributed by atoms with Gasteiger partial charge < -0.3 is 5.73 Å². The van der Waals surface area contributed by atoms with E-state index in [9.17, 15) is 0 Å². The molecule has 1 fully saturated rings. The van der Waals surface area contributed by atoms with Gasteiger partial charge in [0.2, 0.25) is 0 Å². The number of rotatable bonds is 2. The van der Waals surface area contributed by atoms with E-state index in [1.54, 1.807) is 0 Å². The van der Waals surface area contributed by atoms with Crippen molar-refractivity contribution < 1.29 is 0 Å². The standard InChI is InChI=1S/C5H12N2S/c1-3(8-2)4-5(6)7-4/h3-5,7H,6H2,1-2H3. The van der Waals surface area contributed by atoms with Gasteiger partial charge in [0.05, 0.1) is 6.17 Å². The third kappa shape index (κ3) is 1.16. The molecule has 3 atom stereocenters. The average Bonchev–Trinajstić information content (AvgIpc) is 2.45. The highest BCUT2D eigenvalue weighted by Crippen LogP contribution is 2.19. The summed E-state index contributed by atoms with van der Waals surface area (Å²) in [6, 6.07) is 0.574. The van der Waals surface area contributed by atoms with Gasteiger partial charge in [-0.05, 0) is 6.26 Å². The van der Waals surface area contributed by atoms with Gasteiger partial charge in [0.25, 0.3) is 0 Å². The van der Waals surface area contributed by atoms with Crippen LogP contribution in [0.1, 0.15) is 6.92 Å². The third-order valence-electron chi connectivity index (χ3n) is 1.54. The van der Waals surface area contributed by atoms with Crippen molar-refractivity contribution in [1.82, 2.24) is 5.32 Å². The molecule has 0 aliphatic carbocycles. The molecule has 1 rings (SSSR count). The Morgan fingerprint density at radius 3 is 2.38 bits per heavy atom. The molecule has 2 nitrogen and oxygen atoms in total. The van der Waals surface area contributed by atoms with Crippen molar-refractivity contribution in [2.24, 2.45) is 5.73 Å². The summed E-state index contributed by atoms with van der Waals surface area (Å²) in [4.78, 5) is 0. The third-order valence-corrected chi connectivity index (χ3v) is 2.58. The summed E-state index contributed by atoms with van der Waals surface area (Å²) >= 11 is 1.86. The molecule has 1 saturated heterocycles. The molecular formula is C5H12N2S. The zero-order valence-corrected chi connectivity index (χ0v) is 6.03. The SMILES string of the molecule is CSC(C)C1NC1N. The average molecular weight is 132 g/mol. The Bertz CT molecular complexity index is 84.5. The van der Waals surface area contributed by atoms with Crippen molar-refractivity contribution in [1.29, 1.82) is 0 Å². The fraction of sp³-hybridized carbons (Fsp3) is 1.00. The highest BCUT2D eigenvalue weighted by atomic mass is 32.2. The van der Waals surface area contributed by atoms with Crippen LogP contribution in [0.5, 0.6) is 0 Å². The first-order valence-electron chi connectivity index (χ1n) is 2.80. The van der Waals surface area contributed by atoms with Gasteiger partial charge in [0.1, 0.15) is 0 Å². The quantitative estimate of drug-likeness (QED) is 0.520. The highest BCUT2D eigenvalue weighted by molar-refractivity contribution is 7.99. The molecule has 48 valence electrons. The topological polar surface area (TPSA) is 48.0 Å². The van der Waals surface area contributed by atoms with Crippen LogP contribution < -0.4 is 11.1 Å². The van der Waals surface area contributed by atoms with Crippen LogP contribution in [0.4, 0.5) is 0 Å². The van der Waals surface area contributed by atoms with Gasteiger partial charge in [0, 0.05) is 11.3 Å².